The predicted molar refractivity (Wildman–Crippen MR) is 102 cm³/mol. The van der Waals surface area contributed by atoms with Crippen LogP contribution in [-0.4, -0.2) is 48.5 Å². The Labute approximate surface area is 168 Å². The lowest BCUT2D eigenvalue weighted by Crippen LogP contribution is -2.53. The monoisotopic (exact) mass is 405 g/mol. The number of esters is 2. The standard InChI is InChI=1S/C19H24BNO8/c1-3-17(24)27-11-28-19(25)14-8-5-7-13-10-15(20(26)29-18(13)14)21-16(23)9-4-6-12(2)22/h5,7-8,15,26H,3-4,6,9-11H2,1-2H3,(H,21,23). The molecule has 1 aliphatic rings. The second kappa shape index (κ2) is 10.6. The maximum absolute atomic E-state index is 12.3. The molecule has 0 radical (unpaired) electrons. The fraction of sp³-hybridized carbons (Fsp3) is 0.474. The van der Waals surface area contributed by atoms with Crippen LogP contribution in [0.5, 0.6) is 5.75 Å². The van der Waals surface area contributed by atoms with E-state index in [2.05, 4.69) is 5.32 Å². The van der Waals surface area contributed by atoms with Gasteiger partial charge in [-0.25, -0.2) is 4.79 Å². The number of fused-ring (bicyclic) bond motifs is 1. The summed E-state index contributed by atoms with van der Waals surface area (Å²) in [5, 5.41) is 12.9. The Morgan fingerprint density at radius 3 is 2.69 bits per heavy atom. The van der Waals surface area contributed by atoms with Crippen LogP contribution in [0.4, 0.5) is 0 Å². The number of rotatable bonds is 9. The molecule has 2 rings (SSSR count). The molecule has 1 amide bonds. The predicted octanol–water partition coefficient (Wildman–Crippen LogP) is 0.953. The Balaban J connectivity index is 1.98. The Hall–Kier alpha value is -2.88. The lowest BCUT2D eigenvalue weighted by molar-refractivity contribution is -0.151. The molecule has 0 aromatic heterocycles. The molecule has 0 saturated heterocycles. The van der Waals surface area contributed by atoms with Crippen molar-refractivity contribution in [3.63, 3.8) is 0 Å². The van der Waals surface area contributed by atoms with Crippen LogP contribution in [0.25, 0.3) is 0 Å². The summed E-state index contributed by atoms with van der Waals surface area (Å²) in [4.78, 5) is 46.3. The van der Waals surface area contributed by atoms with Gasteiger partial charge in [-0.2, -0.15) is 0 Å². The van der Waals surface area contributed by atoms with Crippen molar-refractivity contribution in [1.29, 1.82) is 0 Å². The quantitative estimate of drug-likeness (QED) is 0.353. The van der Waals surface area contributed by atoms with Crippen LogP contribution in [0.15, 0.2) is 18.2 Å². The first kappa shape index (κ1) is 22.4. The molecule has 9 nitrogen and oxygen atoms in total. The molecule has 1 atom stereocenters. The van der Waals surface area contributed by atoms with Gasteiger partial charge in [-0.3, -0.25) is 9.59 Å². The van der Waals surface area contributed by atoms with E-state index in [9.17, 15) is 24.2 Å². The first-order valence-electron chi connectivity index (χ1n) is 9.40. The molecule has 1 aromatic rings. The third-order valence-corrected chi connectivity index (χ3v) is 4.32. The van der Waals surface area contributed by atoms with E-state index in [0.29, 0.717) is 18.4 Å². The van der Waals surface area contributed by atoms with Gasteiger partial charge in [0.25, 0.3) is 0 Å². The molecule has 1 unspecified atom stereocenters. The fourth-order valence-electron chi connectivity index (χ4n) is 2.81. The van der Waals surface area contributed by atoms with E-state index >= 15 is 0 Å². The van der Waals surface area contributed by atoms with Crippen molar-refractivity contribution in [2.24, 2.45) is 0 Å². The molecule has 156 valence electrons. The van der Waals surface area contributed by atoms with E-state index in [-0.39, 0.29) is 42.3 Å². The van der Waals surface area contributed by atoms with Gasteiger partial charge in [0.05, 0.1) is 5.94 Å². The molecular formula is C19H24BNO8. The van der Waals surface area contributed by atoms with Crippen molar-refractivity contribution in [3.05, 3.63) is 29.3 Å². The highest BCUT2D eigenvalue weighted by Crippen LogP contribution is 2.30. The van der Waals surface area contributed by atoms with Crippen LogP contribution in [0, 0.1) is 0 Å². The number of ketones is 1. The van der Waals surface area contributed by atoms with Crippen LogP contribution >= 0.6 is 0 Å². The molecule has 2 N–H and O–H groups in total. The van der Waals surface area contributed by atoms with Gasteiger partial charge >= 0.3 is 19.1 Å². The maximum Gasteiger partial charge on any atom is 0.547 e. The fourth-order valence-corrected chi connectivity index (χ4v) is 2.81. The van der Waals surface area contributed by atoms with Crippen LogP contribution in [0.3, 0.4) is 0 Å². The summed E-state index contributed by atoms with van der Waals surface area (Å²) in [5.74, 6) is -2.07. The molecule has 0 fully saturated rings. The van der Waals surface area contributed by atoms with Crippen molar-refractivity contribution in [3.8, 4) is 5.75 Å². The average Bonchev–Trinajstić information content (AvgIpc) is 2.67. The highest BCUT2D eigenvalue weighted by Gasteiger charge is 2.37. The van der Waals surface area contributed by atoms with Crippen molar-refractivity contribution in [1.82, 2.24) is 5.32 Å². The van der Waals surface area contributed by atoms with Crippen LogP contribution in [0.1, 0.15) is 55.5 Å². The molecule has 0 aliphatic carbocycles. The summed E-state index contributed by atoms with van der Waals surface area (Å²) < 4.78 is 15.1. The van der Waals surface area contributed by atoms with Gasteiger partial charge in [-0.1, -0.05) is 19.1 Å². The molecule has 1 aliphatic heterocycles. The highest BCUT2D eigenvalue weighted by atomic mass is 16.7. The summed E-state index contributed by atoms with van der Waals surface area (Å²) in [6.45, 7) is 2.56. The molecule has 1 heterocycles. The zero-order chi connectivity index (χ0) is 21.4. The van der Waals surface area contributed by atoms with E-state index in [1.807, 2.05) is 0 Å². The summed E-state index contributed by atoms with van der Waals surface area (Å²) in [6.07, 6.45) is 1.33. The number of carbonyl (C=O) groups is 4. The van der Waals surface area contributed by atoms with Gasteiger partial charge in [-0.15, -0.1) is 0 Å². The Kier molecular flexibility index (Phi) is 8.20. The summed E-state index contributed by atoms with van der Waals surface area (Å²) in [6, 6.07) is 4.81. The van der Waals surface area contributed by atoms with E-state index in [1.54, 1.807) is 19.1 Å². The number of Topliss-reactive ketones (excluding diaryl/α,β-unsaturated/α-hetero) is 1. The highest BCUT2D eigenvalue weighted by molar-refractivity contribution is 6.47. The van der Waals surface area contributed by atoms with Crippen molar-refractivity contribution >= 4 is 30.7 Å². The van der Waals surface area contributed by atoms with Crippen LogP contribution < -0.4 is 9.97 Å². The van der Waals surface area contributed by atoms with Gasteiger partial charge in [0, 0.05) is 19.3 Å². The molecular weight excluding hydrogens is 381 g/mol. The van der Waals surface area contributed by atoms with Crippen LogP contribution in [0.2, 0.25) is 0 Å². The van der Waals surface area contributed by atoms with E-state index in [1.165, 1.54) is 13.0 Å². The Bertz CT molecular complexity index is 781. The minimum atomic E-state index is -1.36. The van der Waals surface area contributed by atoms with E-state index < -0.39 is 31.8 Å². The second-order valence-electron chi connectivity index (χ2n) is 6.66. The molecule has 1 aromatic carbocycles. The van der Waals surface area contributed by atoms with Gasteiger partial charge in [0.2, 0.25) is 12.7 Å². The van der Waals surface area contributed by atoms with Gasteiger partial charge in [-0.05, 0) is 31.4 Å². The third kappa shape index (κ3) is 6.60. The molecule has 29 heavy (non-hydrogen) atoms. The average molecular weight is 405 g/mol. The number of hydrogen-bond donors (Lipinski definition) is 2. The SMILES string of the molecule is CCC(=O)OCOC(=O)c1cccc2c1OB(O)C(NC(=O)CCCC(C)=O)C2. The molecule has 0 spiro atoms. The maximum atomic E-state index is 12.3. The smallest absolute Gasteiger partial charge is 0.534 e. The normalized spacial score (nSPS) is 15.0. The Morgan fingerprint density at radius 2 is 2.00 bits per heavy atom. The molecule has 10 heteroatoms. The largest absolute Gasteiger partial charge is 0.547 e. The lowest BCUT2D eigenvalue weighted by Gasteiger charge is -2.29. The first-order chi connectivity index (χ1) is 13.8. The third-order valence-electron chi connectivity index (χ3n) is 4.32. The Morgan fingerprint density at radius 1 is 1.24 bits per heavy atom. The first-order valence-corrected chi connectivity index (χ1v) is 9.40. The summed E-state index contributed by atoms with van der Waals surface area (Å²) in [7, 11) is -1.36. The van der Waals surface area contributed by atoms with E-state index in [4.69, 9.17) is 14.1 Å². The second-order valence-corrected chi connectivity index (χ2v) is 6.66. The van der Waals surface area contributed by atoms with Gasteiger partial charge in [0.1, 0.15) is 17.1 Å². The number of para-hydroxylation sites is 1. The number of benzene rings is 1. The number of carbonyl (C=O) groups excluding carboxylic acids is 4. The molecule has 0 saturated carbocycles. The zero-order valence-corrected chi connectivity index (χ0v) is 16.4. The minimum absolute atomic E-state index is 0.0108. The summed E-state index contributed by atoms with van der Waals surface area (Å²) in [5.41, 5.74) is 0.699. The van der Waals surface area contributed by atoms with Crippen LogP contribution in [-0.2, 0) is 30.3 Å². The lowest BCUT2D eigenvalue weighted by atomic mass is 9.72. The zero-order valence-electron chi connectivity index (χ0n) is 16.4. The topological polar surface area (TPSA) is 128 Å². The van der Waals surface area contributed by atoms with Crippen molar-refractivity contribution in [2.75, 3.05) is 6.79 Å². The number of amides is 1. The number of ether oxygens (including phenoxy) is 2. The van der Waals surface area contributed by atoms with Gasteiger partial charge < -0.3 is 29.3 Å². The number of nitrogens with one attached hydrogen (secondary N) is 1. The molecule has 0 bridgehead atoms. The number of hydrogen-bond acceptors (Lipinski definition) is 8. The van der Waals surface area contributed by atoms with Gasteiger partial charge in [0.15, 0.2) is 0 Å². The van der Waals surface area contributed by atoms with E-state index in [0.717, 1.165) is 0 Å². The van der Waals surface area contributed by atoms with Crippen molar-refractivity contribution in [2.45, 2.75) is 51.9 Å². The minimum Gasteiger partial charge on any atom is -0.534 e. The van der Waals surface area contributed by atoms with Crippen molar-refractivity contribution < 1.29 is 38.3 Å². The summed E-state index contributed by atoms with van der Waals surface area (Å²) >= 11 is 0.